The number of para-hydroxylation sites is 5. The van der Waals surface area contributed by atoms with E-state index in [4.69, 9.17) is 14.1 Å². The van der Waals surface area contributed by atoms with Crippen molar-refractivity contribution in [2.45, 2.75) is 0 Å². The summed E-state index contributed by atoms with van der Waals surface area (Å²) in [4.78, 5) is 7.18. The minimum Gasteiger partial charge on any atom is -0.536 e. The Kier molecular flexibility index (Phi) is 3.45. The molecule has 6 aromatic rings. The first-order valence-electron chi connectivity index (χ1n) is 11.4. The maximum absolute atomic E-state index is 6.42. The Hall–Kier alpha value is -4.51. The van der Waals surface area contributed by atoms with Crippen LogP contribution in [0.1, 0.15) is 0 Å². The molecule has 0 atom stereocenters. The molecule has 0 unspecified atom stereocenters. The lowest BCUT2D eigenvalue weighted by atomic mass is 9.65. The van der Waals surface area contributed by atoms with E-state index in [2.05, 4.69) is 71.5 Å². The first-order valence-corrected chi connectivity index (χ1v) is 11.4. The summed E-state index contributed by atoms with van der Waals surface area (Å²) in [6.45, 7) is 0. The molecule has 4 nitrogen and oxygen atoms in total. The van der Waals surface area contributed by atoms with Gasteiger partial charge in [-0.05, 0) is 42.0 Å². The van der Waals surface area contributed by atoms with Crippen molar-refractivity contribution in [2.75, 3.05) is 4.81 Å². The molecular weight excluding hydrogens is 419 g/mol. The fourth-order valence-corrected chi connectivity index (χ4v) is 5.42. The number of furan rings is 1. The Bertz CT molecular complexity index is 1770. The zero-order valence-electron chi connectivity index (χ0n) is 18.1. The predicted molar refractivity (Wildman–Crippen MR) is 137 cm³/mol. The van der Waals surface area contributed by atoms with Crippen LogP contribution in [0.3, 0.4) is 0 Å². The van der Waals surface area contributed by atoms with Gasteiger partial charge in [-0.1, -0.05) is 60.7 Å². The smallest absolute Gasteiger partial charge is 0.526 e. The highest BCUT2D eigenvalue weighted by Gasteiger charge is 2.45. The molecule has 0 saturated carbocycles. The van der Waals surface area contributed by atoms with Crippen molar-refractivity contribution in [3.8, 4) is 28.1 Å². The summed E-state index contributed by atoms with van der Waals surface area (Å²) in [5, 5.41) is 2.23. The molecule has 2 aromatic heterocycles. The number of nitrogens with zero attached hydrogens (tertiary/aromatic N) is 2. The fraction of sp³-hybridized carbons (Fsp3) is 0. The van der Waals surface area contributed by atoms with Gasteiger partial charge < -0.3 is 13.9 Å². The van der Waals surface area contributed by atoms with E-state index in [0.717, 1.165) is 61.3 Å². The summed E-state index contributed by atoms with van der Waals surface area (Å²) >= 11 is 0. The molecule has 34 heavy (non-hydrogen) atoms. The largest absolute Gasteiger partial charge is 0.536 e. The molecule has 0 spiro atoms. The van der Waals surface area contributed by atoms with Gasteiger partial charge in [0.2, 0.25) is 0 Å². The molecule has 158 valence electrons. The molecule has 0 aliphatic carbocycles. The standard InChI is InChI=1S/C29H17BN2O2/c1-3-12-25-18(8-1)22-16-24(21-11-7-10-20-19-9-2-5-14-27(19)33-29(20)21)31-17-23(22)30-32(25)26-13-4-6-15-28(26)34-30/h1-17H. The monoisotopic (exact) mass is 436 g/mol. The van der Waals surface area contributed by atoms with Crippen molar-refractivity contribution >= 4 is 45.8 Å². The summed E-state index contributed by atoms with van der Waals surface area (Å²) in [6, 6.07) is 33.3. The van der Waals surface area contributed by atoms with E-state index in [9.17, 15) is 0 Å². The van der Waals surface area contributed by atoms with Gasteiger partial charge in [0.25, 0.3) is 0 Å². The number of rotatable bonds is 1. The summed E-state index contributed by atoms with van der Waals surface area (Å²) in [5.74, 6) is 0.895. The van der Waals surface area contributed by atoms with Gasteiger partial charge in [-0.3, -0.25) is 4.98 Å². The molecule has 0 bridgehead atoms. The zero-order chi connectivity index (χ0) is 22.2. The lowest BCUT2D eigenvalue weighted by Gasteiger charge is -2.31. The van der Waals surface area contributed by atoms with Crippen LogP contribution < -0.4 is 14.9 Å². The molecule has 4 aromatic carbocycles. The summed E-state index contributed by atoms with van der Waals surface area (Å²) < 4.78 is 12.7. The van der Waals surface area contributed by atoms with Crippen LogP contribution in [-0.4, -0.2) is 12.0 Å². The number of aromatic nitrogens is 1. The second-order valence-corrected chi connectivity index (χ2v) is 8.76. The van der Waals surface area contributed by atoms with Gasteiger partial charge in [0.15, 0.2) is 0 Å². The predicted octanol–water partition coefficient (Wildman–Crippen LogP) is 6.55. The molecule has 5 heteroatoms. The number of fused-ring (bicyclic) bond motifs is 11. The minimum atomic E-state index is -0.231. The molecule has 0 saturated heterocycles. The van der Waals surface area contributed by atoms with Gasteiger partial charge in [0.05, 0.1) is 11.4 Å². The van der Waals surface area contributed by atoms with Crippen LogP contribution in [0, 0.1) is 0 Å². The number of anilines is 2. The van der Waals surface area contributed by atoms with E-state index in [1.54, 1.807) is 0 Å². The third-order valence-corrected chi connectivity index (χ3v) is 6.93. The van der Waals surface area contributed by atoms with Gasteiger partial charge in [-0.25, -0.2) is 0 Å². The van der Waals surface area contributed by atoms with E-state index >= 15 is 0 Å². The van der Waals surface area contributed by atoms with Crippen molar-refractivity contribution < 1.29 is 9.07 Å². The Balaban J connectivity index is 1.36. The Morgan fingerprint density at radius 2 is 1.44 bits per heavy atom. The third kappa shape index (κ3) is 2.31. The van der Waals surface area contributed by atoms with Gasteiger partial charge in [-0.2, -0.15) is 0 Å². The minimum absolute atomic E-state index is 0.231. The summed E-state index contributed by atoms with van der Waals surface area (Å²) in [6.07, 6.45) is 1.96. The van der Waals surface area contributed by atoms with Crippen LogP contribution in [0.25, 0.3) is 44.3 Å². The molecule has 2 aliphatic heterocycles. The Morgan fingerprint density at radius 1 is 0.676 bits per heavy atom. The van der Waals surface area contributed by atoms with Gasteiger partial charge in [-0.15, -0.1) is 0 Å². The van der Waals surface area contributed by atoms with E-state index in [1.165, 1.54) is 5.56 Å². The third-order valence-electron chi connectivity index (χ3n) is 6.93. The fourth-order valence-electron chi connectivity index (χ4n) is 5.42. The van der Waals surface area contributed by atoms with E-state index in [0.29, 0.717) is 0 Å². The number of hydrogen-bond acceptors (Lipinski definition) is 4. The lowest BCUT2D eigenvalue weighted by Crippen LogP contribution is -2.50. The highest BCUT2D eigenvalue weighted by atomic mass is 16.5. The first kappa shape index (κ1) is 18.0. The molecule has 2 aliphatic rings. The molecule has 4 heterocycles. The zero-order valence-corrected chi connectivity index (χ0v) is 18.1. The topological polar surface area (TPSA) is 38.5 Å². The van der Waals surface area contributed by atoms with Crippen LogP contribution in [0.4, 0.5) is 11.4 Å². The first-order chi connectivity index (χ1) is 16.9. The number of benzene rings is 4. The normalized spacial score (nSPS) is 13.4. The maximum atomic E-state index is 6.42. The highest BCUT2D eigenvalue weighted by Crippen LogP contribution is 2.47. The van der Waals surface area contributed by atoms with E-state index < -0.39 is 0 Å². The van der Waals surface area contributed by atoms with Crippen molar-refractivity contribution in [3.63, 3.8) is 0 Å². The van der Waals surface area contributed by atoms with Crippen LogP contribution in [-0.2, 0) is 0 Å². The molecule has 8 rings (SSSR count). The van der Waals surface area contributed by atoms with E-state index in [1.807, 2.05) is 36.5 Å². The second kappa shape index (κ2) is 6.52. The Labute approximate surface area is 196 Å². The summed E-state index contributed by atoms with van der Waals surface area (Å²) in [7, 11) is -0.231. The van der Waals surface area contributed by atoms with Crippen LogP contribution in [0.5, 0.6) is 5.75 Å². The lowest BCUT2D eigenvalue weighted by molar-refractivity contribution is 0.603. The Morgan fingerprint density at radius 3 is 2.41 bits per heavy atom. The highest BCUT2D eigenvalue weighted by molar-refractivity contribution is 6.77. The molecule has 0 amide bonds. The quantitative estimate of drug-likeness (QED) is 0.274. The van der Waals surface area contributed by atoms with Crippen molar-refractivity contribution in [1.29, 1.82) is 0 Å². The van der Waals surface area contributed by atoms with Crippen molar-refractivity contribution in [2.24, 2.45) is 0 Å². The number of hydrogen-bond donors (Lipinski definition) is 0. The molecule has 0 fully saturated rings. The average molecular weight is 436 g/mol. The molecular formula is C29H17BN2O2. The summed E-state index contributed by atoms with van der Waals surface area (Å²) in [5.41, 5.74) is 9.25. The van der Waals surface area contributed by atoms with Gasteiger partial charge in [0.1, 0.15) is 16.9 Å². The van der Waals surface area contributed by atoms with Gasteiger partial charge in [0, 0.05) is 39.2 Å². The average Bonchev–Trinajstić information content (AvgIpc) is 3.47. The maximum Gasteiger partial charge on any atom is 0.526 e. The molecule has 0 N–H and O–H groups in total. The van der Waals surface area contributed by atoms with E-state index in [-0.39, 0.29) is 7.05 Å². The van der Waals surface area contributed by atoms with Crippen LogP contribution in [0.15, 0.2) is 108 Å². The second-order valence-electron chi connectivity index (χ2n) is 8.76. The van der Waals surface area contributed by atoms with Crippen LogP contribution >= 0.6 is 0 Å². The molecule has 0 radical (unpaired) electrons. The van der Waals surface area contributed by atoms with Crippen molar-refractivity contribution in [3.05, 3.63) is 103 Å². The SMILES string of the molecule is c1ccc2c(c1)OB1c3cnc(-c4cccc5c4oc4ccccc45)cc3-c3ccccc3N12. The van der Waals surface area contributed by atoms with Gasteiger partial charge >= 0.3 is 7.05 Å². The van der Waals surface area contributed by atoms with Crippen molar-refractivity contribution in [1.82, 2.24) is 4.98 Å². The number of pyridine rings is 1. The van der Waals surface area contributed by atoms with Crippen LogP contribution in [0.2, 0.25) is 0 Å².